The molecule has 0 saturated heterocycles. The number of nitrogens with one attached hydrogen (secondary N) is 2. The summed E-state index contributed by atoms with van der Waals surface area (Å²) >= 11 is 0. The van der Waals surface area contributed by atoms with E-state index in [0.717, 1.165) is 31.7 Å². The van der Waals surface area contributed by atoms with Crippen LogP contribution >= 0.6 is 0 Å². The van der Waals surface area contributed by atoms with Crippen LogP contribution in [0.5, 0.6) is 0 Å². The van der Waals surface area contributed by atoms with Crippen LogP contribution in [0.1, 0.15) is 96.8 Å². The van der Waals surface area contributed by atoms with Gasteiger partial charge in [0.05, 0.1) is 12.1 Å². The lowest BCUT2D eigenvalue weighted by atomic mass is 9.74. The maximum Gasteiger partial charge on any atom is 0.220 e. The smallest absolute Gasteiger partial charge is 0.220 e. The number of amides is 1. The van der Waals surface area contributed by atoms with Crippen molar-refractivity contribution in [2.24, 2.45) is 5.41 Å². The molecule has 1 aliphatic carbocycles. The summed E-state index contributed by atoms with van der Waals surface area (Å²) in [6, 6.07) is 11.4. The van der Waals surface area contributed by atoms with E-state index < -0.39 is 23.8 Å². The second kappa shape index (κ2) is 12.3. The molecule has 0 heterocycles. The maximum atomic E-state index is 13.9. The highest BCUT2D eigenvalue weighted by molar-refractivity contribution is 5.77. The van der Waals surface area contributed by atoms with Crippen LogP contribution in [0.25, 0.3) is 0 Å². The first-order chi connectivity index (χ1) is 17.7. The highest BCUT2D eigenvalue weighted by Gasteiger charge is 2.35. The van der Waals surface area contributed by atoms with E-state index in [9.17, 15) is 18.7 Å². The topological polar surface area (TPSA) is 61.4 Å². The molecule has 3 N–H and O–H groups in total. The third-order valence-corrected chi connectivity index (χ3v) is 7.52. The molecule has 1 fully saturated rings. The molecule has 1 aliphatic rings. The fraction of sp³-hybridized carbons (Fsp3) is 0.594. The number of aliphatic hydroxyl groups excluding tert-OH is 1. The molecular weight excluding hydrogens is 482 g/mol. The van der Waals surface area contributed by atoms with Crippen LogP contribution in [0, 0.1) is 17.0 Å². The summed E-state index contributed by atoms with van der Waals surface area (Å²) in [5, 5.41) is 18.0. The zero-order valence-corrected chi connectivity index (χ0v) is 24.0. The fourth-order valence-corrected chi connectivity index (χ4v) is 5.45. The molecule has 2 atom stereocenters. The molecule has 0 bridgehead atoms. The molecule has 3 rings (SSSR count). The Kier molecular flexibility index (Phi) is 9.75. The van der Waals surface area contributed by atoms with Gasteiger partial charge in [0.2, 0.25) is 5.91 Å². The Morgan fingerprint density at radius 3 is 2.18 bits per heavy atom. The molecule has 6 heteroatoms. The number of carbonyl (C=O) groups excluding carboxylic acids is 1. The van der Waals surface area contributed by atoms with Gasteiger partial charge < -0.3 is 15.7 Å². The average molecular weight is 529 g/mol. The molecule has 2 aromatic carbocycles. The molecule has 38 heavy (non-hydrogen) atoms. The number of benzene rings is 2. The van der Waals surface area contributed by atoms with Crippen LogP contribution in [-0.4, -0.2) is 29.7 Å². The van der Waals surface area contributed by atoms with Crippen molar-refractivity contribution in [2.75, 3.05) is 6.54 Å². The Labute approximate surface area is 227 Å². The van der Waals surface area contributed by atoms with Crippen molar-refractivity contribution in [1.82, 2.24) is 10.6 Å². The molecule has 1 amide bonds. The van der Waals surface area contributed by atoms with E-state index in [2.05, 4.69) is 55.7 Å². The minimum atomic E-state index is -0.949. The van der Waals surface area contributed by atoms with Gasteiger partial charge >= 0.3 is 0 Å². The number of halogens is 2. The Balaban J connectivity index is 1.84. The summed E-state index contributed by atoms with van der Waals surface area (Å²) in [4.78, 5) is 12.8. The lowest BCUT2D eigenvalue weighted by Crippen LogP contribution is -2.53. The van der Waals surface area contributed by atoms with Crippen LogP contribution < -0.4 is 10.6 Å². The number of carbonyl (C=O) groups is 1. The molecule has 2 unspecified atom stereocenters. The van der Waals surface area contributed by atoms with Crippen molar-refractivity contribution in [3.05, 3.63) is 70.8 Å². The molecule has 0 aliphatic heterocycles. The van der Waals surface area contributed by atoms with Crippen molar-refractivity contribution in [1.29, 1.82) is 0 Å². The number of aliphatic hydroxyl groups is 1. The van der Waals surface area contributed by atoms with E-state index in [4.69, 9.17) is 0 Å². The standard InChI is InChI=1S/C32H46F2N2O2/c1-30(2,3)20-29(38)36-27(17-22-15-25(33)19-26(34)16-22)28(37)21-35-32(13-8-7-9-14-32)24-12-10-11-23(18-24)31(4,5)6/h10-12,15-16,18-19,27-28,35,37H,7-9,13-14,17,20-21H2,1-6H3,(H,36,38). The monoisotopic (exact) mass is 528 g/mol. The van der Waals surface area contributed by atoms with Crippen molar-refractivity contribution in [3.63, 3.8) is 0 Å². The highest BCUT2D eigenvalue weighted by atomic mass is 19.1. The second-order valence-electron chi connectivity index (χ2n) is 13.3. The minimum Gasteiger partial charge on any atom is -0.390 e. The molecular formula is C32H46F2N2O2. The number of hydrogen-bond donors (Lipinski definition) is 3. The number of hydrogen-bond acceptors (Lipinski definition) is 3. The first-order valence-corrected chi connectivity index (χ1v) is 14.0. The normalized spacial score (nSPS) is 17.6. The van der Waals surface area contributed by atoms with Crippen molar-refractivity contribution in [3.8, 4) is 0 Å². The zero-order valence-electron chi connectivity index (χ0n) is 24.0. The third kappa shape index (κ3) is 8.60. The van der Waals surface area contributed by atoms with Crippen molar-refractivity contribution >= 4 is 5.91 Å². The molecule has 1 saturated carbocycles. The Morgan fingerprint density at radius 2 is 1.61 bits per heavy atom. The first kappa shape index (κ1) is 30.2. The summed E-state index contributed by atoms with van der Waals surface area (Å²) < 4.78 is 27.8. The van der Waals surface area contributed by atoms with E-state index in [-0.39, 0.29) is 41.7 Å². The van der Waals surface area contributed by atoms with Gasteiger partial charge in [-0.2, -0.15) is 0 Å². The van der Waals surface area contributed by atoms with Gasteiger partial charge in [-0.3, -0.25) is 4.79 Å². The van der Waals surface area contributed by atoms with E-state index in [1.807, 2.05) is 20.8 Å². The van der Waals surface area contributed by atoms with Crippen LogP contribution in [0.4, 0.5) is 8.78 Å². The first-order valence-electron chi connectivity index (χ1n) is 14.0. The van der Waals surface area contributed by atoms with Crippen LogP contribution in [0.3, 0.4) is 0 Å². The average Bonchev–Trinajstić information content (AvgIpc) is 2.80. The van der Waals surface area contributed by atoms with Crippen LogP contribution in [-0.2, 0) is 22.2 Å². The van der Waals surface area contributed by atoms with Gasteiger partial charge in [-0.15, -0.1) is 0 Å². The summed E-state index contributed by atoms with van der Waals surface area (Å²) in [6.07, 6.45) is 4.75. The SMILES string of the molecule is CC(C)(C)CC(=O)NC(Cc1cc(F)cc(F)c1)C(O)CNC1(c2cccc(C(C)(C)C)c2)CCCCC1. The predicted octanol–water partition coefficient (Wildman–Crippen LogP) is 6.54. The second-order valence-corrected chi connectivity index (χ2v) is 13.3. The Bertz CT molecular complexity index is 1060. The zero-order chi connectivity index (χ0) is 28.1. The summed E-state index contributed by atoms with van der Waals surface area (Å²) in [5.74, 6) is -1.54. The Morgan fingerprint density at radius 1 is 0.974 bits per heavy atom. The quantitative estimate of drug-likeness (QED) is 0.347. The number of rotatable bonds is 9. The summed E-state index contributed by atoms with van der Waals surface area (Å²) in [6.45, 7) is 12.8. The van der Waals surface area contributed by atoms with Gasteiger partial charge in [0.1, 0.15) is 11.6 Å². The van der Waals surface area contributed by atoms with Crippen LogP contribution in [0.15, 0.2) is 42.5 Å². The van der Waals surface area contributed by atoms with Gasteiger partial charge in [0.25, 0.3) is 0 Å². The molecule has 4 nitrogen and oxygen atoms in total. The van der Waals surface area contributed by atoms with E-state index in [1.54, 1.807) is 0 Å². The van der Waals surface area contributed by atoms with Gasteiger partial charge in [0, 0.05) is 24.6 Å². The minimum absolute atomic E-state index is 0.0219. The summed E-state index contributed by atoms with van der Waals surface area (Å²) in [5.41, 5.74) is 2.40. The summed E-state index contributed by atoms with van der Waals surface area (Å²) in [7, 11) is 0. The van der Waals surface area contributed by atoms with Crippen molar-refractivity contribution < 1.29 is 18.7 Å². The van der Waals surface area contributed by atoms with Gasteiger partial charge in [-0.05, 0) is 58.9 Å². The van der Waals surface area contributed by atoms with E-state index in [1.165, 1.54) is 29.7 Å². The molecule has 0 radical (unpaired) electrons. The molecule has 0 spiro atoms. The van der Waals surface area contributed by atoms with E-state index >= 15 is 0 Å². The maximum absolute atomic E-state index is 13.9. The Hall–Kier alpha value is -2.31. The molecule has 210 valence electrons. The predicted molar refractivity (Wildman–Crippen MR) is 150 cm³/mol. The molecule has 0 aromatic heterocycles. The van der Waals surface area contributed by atoms with Gasteiger partial charge in [0.15, 0.2) is 0 Å². The van der Waals surface area contributed by atoms with E-state index in [0.29, 0.717) is 5.56 Å². The molecule has 2 aromatic rings. The lowest BCUT2D eigenvalue weighted by molar-refractivity contribution is -0.124. The van der Waals surface area contributed by atoms with Gasteiger partial charge in [-0.25, -0.2) is 8.78 Å². The fourth-order valence-electron chi connectivity index (χ4n) is 5.45. The highest BCUT2D eigenvalue weighted by Crippen LogP contribution is 2.38. The van der Waals surface area contributed by atoms with Gasteiger partial charge in [-0.1, -0.05) is 85.1 Å². The van der Waals surface area contributed by atoms with Crippen LogP contribution in [0.2, 0.25) is 0 Å². The third-order valence-electron chi connectivity index (χ3n) is 7.52. The van der Waals surface area contributed by atoms with Crippen molar-refractivity contribution in [2.45, 2.75) is 110 Å². The largest absolute Gasteiger partial charge is 0.390 e. The lowest BCUT2D eigenvalue weighted by Gasteiger charge is -2.41.